The van der Waals surface area contributed by atoms with Gasteiger partial charge in [-0.05, 0) is 50.8 Å². The van der Waals surface area contributed by atoms with Crippen LogP contribution >= 0.6 is 0 Å². The normalized spacial score (nSPS) is 17.1. The van der Waals surface area contributed by atoms with E-state index in [0.29, 0.717) is 18.8 Å². The summed E-state index contributed by atoms with van der Waals surface area (Å²) in [6.45, 7) is 4.11. The Morgan fingerprint density at radius 3 is 3.04 bits per heavy atom. The Balaban J connectivity index is 1.40. The van der Waals surface area contributed by atoms with Crippen LogP contribution in [-0.4, -0.2) is 56.9 Å². The minimum atomic E-state index is -0.0643. The van der Waals surface area contributed by atoms with Gasteiger partial charge in [-0.1, -0.05) is 12.1 Å². The highest BCUT2D eigenvalue weighted by Crippen LogP contribution is 2.18. The van der Waals surface area contributed by atoms with Crippen LogP contribution in [0.15, 0.2) is 30.3 Å². The molecule has 7 heteroatoms. The molecular weight excluding hydrogens is 354 g/mol. The van der Waals surface area contributed by atoms with Crippen molar-refractivity contribution in [1.82, 2.24) is 24.6 Å². The molecule has 0 spiro atoms. The molecule has 1 saturated heterocycles. The quantitative estimate of drug-likeness (QED) is 0.712. The van der Waals surface area contributed by atoms with Crippen LogP contribution in [0.1, 0.15) is 47.7 Å². The molecule has 1 N–H and O–H groups in total. The zero-order chi connectivity index (χ0) is 19.5. The number of aryl methyl sites for hydroxylation is 1. The van der Waals surface area contributed by atoms with Crippen LogP contribution < -0.4 is 0 Å². The lowest BCUT2D eigenvalue weighted by Crippen LogP contribution is -2.31. The maximum Gasteiger partial charge on any atom is 0.274 e. The lowest BCUT2D eigenvalue weighted by Gasteiger charge is -2.24. The molecule has 1 aromatic carbocycles. The van der Waals surface area contributed by atoms with Gasteiger partial charge in [-0.25, -0.2) is 4.98 Å². The van der Waals surface area contributed by atoms with Crippen molar-refractivity contribution in [3.8, 4) is 0 Å². The molecule has 0 radical (unpaired) electrons. The van der Waals surface area contributed by atoms with E-state index in [-0.39, 0.29) is 12.0 Å². The van der Waals surface area contributed by atoms with Crippen molar-refractivity contribution in [1.29, 1.82) is 0 Å². The van der Waals surface area contributed by atoms with Crippen molar-refractivity contribution in [3.05, 3.63) is 47.5 Å². The highest BCUT2D eigenvalue weighted by Gasteiger charge is 2.19. The van der Waals surface area contributed by atoms with E-state index in [4.69, 9.17) is 4.74 Å². The Hall–Kier alpha value is -2.67. The number of aromatic amines is 1. The lowest BCUT2D eigenvalue weighted by molar-refractivity contribution is 0.00705. The second-order valence-electron chi connectivity index (χ2n) is 7.52. The van der Waals surface area contributed by atoms with Gasteiger partial charge in [0.15, 0.2) is 0 Å². The van der Waals surface area contributed by atoms with Gasteiger partial charge in [0.25, 0.3) is 5.91 Å². The molecule has 4 rings (SSSR count). The van der Waals surface area contributed by atoms with Gasteiger partial charge in [-0.2, -0.15) is 5.10 Å². The van der Waals surface area contributed by atoms with Gasteiger partial charge < -0.3 is 14.2 Å². The number of nitrogens with one attached hydrogen (secondary N) is 1. The molecule has 1 fully saturated rings. The number of hydrogen-bond donors (Lipinski definition) is 1. The minimum absolute atomic E-state index is 0.0643. The van der Waals surface area contributed by atoms with E-state index in [9.17, 15) is 4.79 Å². The first-order valence-electron chi connectivity index (χ1n) is 9.95. The van der Waals surface area contributed by atoms with Crippen LogP contribution in [0.3, 0.4) is 0 Å². The predicted molar refractivity (Wildman–Crippen MR) is 107 cm³/mol. The molecule has 1 aliphatic heterocycles. The van der Waals surface area contributed by atoms with E-state index >= 15 is 0 Å². The molecule has 1 aliphatic rings. The number of imidazole rings is 1. The highest BCUT2D eigenvalue weighted by atomic mass is 16.5. The first-order chi connectivity index (χ1) is 13.6. The Bertz CT molecular complexity index is 955. The molecule has 3 heterocycles. The van der Waals surface area contributed by atoms with Crippen LogP contribution in [0.2, 0.25) is 0 Å². The van der Waals surface area contributed by atoms with Crippen LogP contribution in [0.25, 0.3) is 11.0 Å². The minimum Gasteiger partial charge on any atom is -0.378 e. The molecule has 0 aliphatic carbocycles. The molecule has 2 aromatic heterocycles. The third-order valence-electron chi connectivity index (χ3n) is 5.43. The lowest BCUT2D eigenvalue weighted by atomic mass is 10.1. The zero-order valence-corrected chi connectivity index (χ0v) is 16.5. The smallest absolute Gasteiger partial charge is 0.274 e. The van der Waals surface area contributed by atoms with Gasteiger partial charge in [-0.15, -0.1) is 0 Å². The number of carbonyl (C=O) groups excluding carboxylic acids is 1. The summed E-state index contributed by atoms with van der Waals surface area (Å²) in [4.78, 5) is 19.0. The largest absolute Gasteiger partial charge is 0.378 e. The fraction of sp³-hybridized carbons (Fsp3) is 0.476. The number of carbonyl (C=O) groups is 1. The van der Waals surface area contributed by atoms with E-state index in [0.717, 1.165) is 48.4 Å². The van der Waals surface area contributed by atoms with Crippen molar-refractivity contribution in [2.45, 2.75) is 45.3 Å². The first kappa shape index (κ1) is 18.7. The SMILES string of the molecule is Cc1nc2ccccc2n1Cc1cc(C(=O)N(C)CC[C@@H]2CCCCO2)n[nH]1. The molecule has 0 unspecified atom stereocenters. The van der Waals surface area contributed by atoms with Gasteiger partial charge >= 0.3 is 0 Å². The van der Waals surface area contributed by atoms with Gasteiger partial charge in [0, 0.05) is 20.2 Å². The third kappa shape index (κ3) is 3.94. The van der Waals surface area contributed by atoms with E-state index < -0.39 is 0 Å². The van der Waals surface area contributed by atoms with E-state index in [1.165, 1.54) is 6.42 Å². The fourth-order valence-electron chi connectivity index (χ4n) is 3.79. The van der Waals surface area contributed by atoms with Gasteiger partial charge in [0.2, 0.25) is 0 Å². The molecule has 148 valence electrons. The number of hydrogen-bond acceptors (Lipinski definition) is 4. The number of rotatable bonds is 6. The molecular formula is C21H27N5O2. The number of H-pyrrole nitrogens is 1. The molecule has 28 heavy (non-hydrogen) atoms. The summed E-state index contributed by atoms with van der Waals surface area (Å²) in [7, 11) is 1.83. The molecule has 1 atom stereocenters. The summed E-state index contributed by atoms with van der Waals surface area (Å²) in [5, 5.41) is 7.25. The Labute approximate surface area is 164 Å². The number of benzene rings is 1. The fourth-order valence-corrected chi connectivity index (χ4v) is 3.79. The van der Waals surface area contributed by atoms with Gasteiger partial charge in [0.1, 0.15) is 11.5 Å². The van der Waals surface area contributed by atoms with E-state index in [1.807, 2.05) is 38.2 Å². The topological polar surface area (TPSA) is 76.0 Å². The van der Waals surface area contributed by atoms with Crippen molar-refractivity contribution >= 4 is 16.9 Å². The van der Waals surface area contributed by atoms with E-state index in [2.05, 4.69) is 25.8 Å². The van der Waals surface area contributed by atoms with Crippen LogP contribution in [-0.2, 0) is 11.3 Å². The highest BCUT2D eigenvalue weighted by molar-refractivity contribution is 5.92. The van der Waals surface area contributed by atoms with Crippen molar-refractivity contribution in [3.63, 3.8) is 0 Å². The second-order valence-corrected chi connectivity index (χ2v) is 7.52. The van der Waals surface area contributed by atoms with E-state index in [1.54, 1.807) is 4.90 Å². The predicted octanol–water partition coefficient (Wildman–Crippen LogP) is 3.15. The summed E-state index contributed by atoms with van der Waals surface area (Å²) < 4.78 is 7.88. The van der Waals surface area contributed by atoms with Crippen LogP contribution in [0.5, 0.6) is 0 Å². The summed E-state index contributed by atoms with van der Waals surface area (Å²) in [5.74, 6) is 0.874. The van der Waals surface area contributed by atoms with Gasteiger partial charge in [-0.3, -0.25) is 9.89 Å². The van der Waals surface area contributed by atoms with Crippen molar-refractivity contribution in [2.75, 3.05) is 20.2 Å². The number of fused-ring (bicyclic) bond motifs is 1. The Morgan fingerprint density at radius 2 is 2.21 bits per heavy atom. The summed E-state index contributed by atoms with van der Waals surface area (Å²) in [6, 6.07) is 9.89. The average Bonchev–Trinajstić information content (AvgIpc) is 3.31. The number of amides is 1. The van der Waals surface area contributed by atoms with Crippen molar-refractivity contribution in [2.24, 2.45) is 0 Å². The maximum atomic E-state index is 12.7. The third-order valence-corrected chi connectivity index (χ3v) is 5.43. The number of nitrogens with zero attached hydrogens (tertiary/aromatic N) is 4. The Morgan fingerprint density at radius 1 is 1.36 bits per heavy atom. The number of aromatic nitrogens is 4. The molecule has 1 amide bonds. The second kappa shape index (κ2) is 8.14. The molecule has 3 aromatic rings. The molecule has 0 bridgehead atoms. The molecule has 7 nitrogen and oxygen atoms in total. The summed E-state index contributed by atoms with van der Waals surface area (Å²) in [5.41, 5.74) is 3.38. The Kier molecular flexibility index (Phi) is 5.43. The van der Waals surface area contributed by atoms with Crippen LogP contribution in [0, 0.1) is 6.92 Å². The zero-order valence-electron chi connectivity index (χ0n) is 16.5. The van der Waals surface area contributed by atoms with Crippen LogP contribution in [0.4, 0.5) is 0 Å². The number of ether oxygens (including phenoxy) is 1. The summed E-state index contributed by atoms with van der Waals surface area (Å²) >= 11 is 0. The number of para-hydroxylation sites is 2. The standard InChI is InChI=1S/C21H27N5O2/c1-15-22-18-8-3-4-9-20(18)26(15)14-16-13-19(24-23-16)21(27)25(2)11-10-17-7-5-6-12-28-17/h3-4,8-9,13,17H,5-7,10-12,14H2,1-2H3,(H,23,24)/t17-/m0/s1. The molecule has 0 saturated carbocycles. The average molecular weight is 381 g/mol. The summed E-state index contributed by atoms with van der Waals surface area (Å²) in [6.07, 6.45) is 4.60. The van der Waals surface area contributed by atoms with Gasteiger partial charge in [0.05, 0.1) is 29.4 Å². The monoisotopic (exact) mass is 381 g/mol. The first-order valence-corrected chi connectivity index (χ1v) is 9.95. The maximum absolute atomic E-state index is 12.7. The van der Waals surface area contributed by atoms with Crippen molar-refractivity contribution < 1.29 is 9.53 Å².